The minimum atomic E-state index is -1.53. The predicted octanol–water partition coefficient (Wildman–Crippen LogP) is 2.97. The lowest BCUT2D eigenvalue weighted by molar-refractivity contribution is -0.157. The van der Waals surface area contributed by atoms with Gasteiger partial charge < -0.3 is 19.5 Å². The van der Waals surface area contributed by atoms with Crippen molar-refractivity contribution in [1.29, 1.82) is 0 Å². The number of hydrogen-bond acceptors (Lipinski definition) is 6. The van der Waals surface area contributed by atoms with E-state index >= 15 is 0 Å². The van der Waals surface area contributed by atoms with Gasteiger partial charge in [-0.25, -0.2) is 14.2 Å². The van der Waals surface area contributed by atoms with E-state index in [2.05, 4.69) is 4.98 Å². The van der Waals surface area contributed by atoms with Crippen LogP contribution in [0.4, 0.5) is 4.39 Å². The molecule has 3 aliphatic rings. The zero-order valence-corrected chi connectivity index (χ0v) is 18.0. The standard InChI is InChI=1S/C22H17FN2O5.C2H6/c1-8-9-2-3-16(26)18-11-6-25-15(19(11)24-14(17(9)18)5-13(8)23)4-10-12(21(25)28)7-30-22(29)20(10)27;1-2/h4-5,16,20,26-27H,2-3,6-7H2,1H3;1-2H3/t16-,20?;/m1./s1. The second-order valence-corrected chi connectivity index (χ2v) is 8.13. The fourth-order valence-electron chi connectivity index (χ4n) is 5.08. The van der Waals surface area contributed by atoms with Gasteiger partial charge in [-0.3, -0.25) is 4.79 Å². The first kappa shape index (κ1) is 20.8. The molecular weight excluding hydrogens is 415 g/mol. The molecule has 32 heavy (non-hydrogen) atoms. The molecule has 2 aliphatic heterocycles. The monoisotopic (exact) mass is 438 g/mol. The summed E-state index contributed by atoms with van der Waals surface area (Å²) >= 11 is 0. The molecular formula is C24H23FN2O5. The number of rotatable bonds is 0. The van der Waals surface area contributed by atoms with Crippen LogP contribution in [0, 0.1) is 12.7 Å². The number of benzene rings is 1. The van der Waals surface area contributed by atoms with Crippen molar-refractivity contribution < 1.29 is 24.1 Å². The average Bonchev–Trinajstić information content (AvgIpc) is 3.16. The maximum atomic E-state index is 14.5. The van der Waals surface area contributed by atoms with Crippen LogP contribution >= 0.6 is 0 Å². The Morgan fingerprint density at radius 2 is 1.91 bits per heavy atom. The Morgan fingerprint density at radius 3 is 2.66 bits per heavy atom. The summed E-state index contributed by atoms with van der Waals surface area (Å²) in [5.74, 6) is -1.16. The molecule has 0 fully saturated rings. The number of carbonyl (C=O) groups excluding carboxylic acids is 1. The molecule has 2 atom stereocenters. The summed E-state index contributed by atoms with van der Waals surface area (Å²) in [6.45, 7) is 5.75. The third kappa shape index (κ3) is 2.63. The molecule has 0 bridgehead atoms. The Morgan fingerprint density at radius 1 is 1.16 bits per heavy atom. The normalized spacial score (nSPS) is 20.1. The topological polar surface area (TPSA) is 102 Å². The number of halogens is 1. The van der Waals surface area contributed by atoms with Crippen LogP contribution in [-0.4, -0.2) is 25.7 Å². The van der Waals surface area contributed by atoms with Crippen LogP contribution in [0.1, 0.15) is 65.9 Å². The van der Waals surface area contributed by atoms with E-state index in [4.69, 9.17) is 4.74 Å². The van der Waals surface area contributed by atoms with Crippen molar-refractivity contribution in [2.45, 2.75) is 59.0 Å². The fraction of sp³-hybridized carbons (Fsp3) is 0.375. The Balaban J connectivity index is 0.00000105. The lowest BCUT2D eigenvalue weighted by atomic mass is 9.83. The maximum Gasteiger partial charge on any atom is 0.340 e. The summed E-state index contributed by atoms with van der Waals surface area (Å²) in [5, 5.41) is 21.8. The number of aryl methyl sites for hydroxylation is 1. The van der Waals surface area contributed by atoms with E-state index in [9.17, 15) is 24.2 Å². The van der Waals surface area contributed by atoms with Crippen molar-refractivity contribution in [3.8, 4) is 11.4 Å². The highest BCUT2D eigenvalue weighted by molar-refractivity contribution is 5.93. The number of nitrogens with zero attached hydrogens (tertiary/aromatic N) is 2. The van der Waals surface area contributed by atoms with Gasteiger partial charge in [0.1, 0.15) is 12.4 Å². The van der Waals surface area contributed by atoms with Crippen molar-refractivity contribution in [1.82, 2.24) is 9.55 Å². The van der Waals surface area contributed by atoms with E-state index in [-0.39, 0.29) is 35.7 Å². The minimum Gasteiger partial charge on any atom is -0.458 e. The summed E-state index contributed by atoms with van der Waals surface area (Å²) in [6.07, 6.45) is -1.25. The van der Waals surface area contributed by atoms with E-state index < -0.39 is 18.2 Å². The van der Waals surface area contributed by atoms with E-state index in [1.807, 2.05) is 13.8 Å². The van der Waals surface area contributed by atoms with Gasteiger partial charge in [0.05, 0.1) is 35.1 Å². The molecule has 0 saturated heterocycles. The van der Waals surface area contributed by atoms with Crippen molar-refractivity contribution in [3.63, 3.8) is 0 Å². The zero-order chi connectivity index (χ0) is 22.9. The van der Waals surface area contributed by atoms with Crippen molar-refractivity contribution in [2.24, 2.45) is 0 Å². The van der Waals surface area contributed by atoms with Gasteiger partial charge in [0.15, 0.2) is 6.10 Å². The Kier molecular flexibility index (Phi) is 4.69. The number of carbonyl (C=O) groups is 1. The molecule has 2 aromatic heterocycles. The summed E-state index contributed by atoms with van der Waals surface area (Å²) in [6, 6.07) is 2.95. The first-order chi connectivity index (χ1) is 15.4. The number of pyridine rings is 2. The summed E-state index contributed by atoms with van der Waals surface area (Å²) in [5.41, 5.74) is 4.24. The third-order valence-electron chi connectivity index (χ3n) is 6.62. The molecule has 0 amide bonds. The fourth-order valence-corrected chi connectivity index (χ4v) is 5.08. The number of aliphatic hydroxyl groups excluding tert-OH is 2. The van der Waals surface area contributed by atoms with Crippen LogP contribution in [-0.2, 0) is 29.1 Å². The highest BCUT2D eigenvalue weighted by Gasteiger charge is 2.36. The van der Waals surface area contributed by atoms with Gasteiger partial charge >= 0.3 is 5.97 Å². The van der Waals surface area contributed by atoms with Crippen molar-refractivity contribution in [2.75, 3.05) is 0 Å². The first-order valence-corrected chi connectivity index (χ1v) is 10.8. The quantitative estimate of drug-likeness (QED) is 0.410. The minimum absolute atomic E-state index is 0.194. The summed E-state index contributed by atoms with van der Waals surface area (Å²) in [7, 11) is 0. The first-order valence-electron chi connectivity index (χ1n) is 10.8. The Bertz CT molecular complexity index is 1380. The number of aliphatic hydroxyl groups is 2. The van der Waals surface area contributed by atoms with Crippen LogP contribution in [0.2, 0.25) is 0 Å². The van der Waals surface area contributed by atoms with Crippen molar-refractivity contribution in [3.05, 3.63) is 61.7 Å². The molecule has 4 heterocycles. The van der Waals surface area contributed by atoms with Gasteiger partial charge in [-0.1, -0.05) is 13.8 Å². The van der Waals surface area contributed by atoms with Crippen LogP contribution in [0.15, 0.2) is 16.9 Å². The number of fused-ring (bicyclic) bond motifs is 5. The van der Waals surface area contributed by atoms with Gasteiger partial charge in [-0.15, -0.1) is 0 Å². The molecule has 8 heteroatoms. The van der Waals surface area contributed by atoms with E-state index in [0.29, 0.717) is 40.9 Å². The molecule has 2 N–H and O–H groups in total. The third-order valence-corrected chi connectivity index (χ3v) is 6.62. The lowest BCUT2D eigenvalue weighted by Crippen LogP contribution is -2.32. The summed E-state index contributed by atoms with van der Waals surface area (Å²) < 4.78 is 21.0. The van der Waals surface area contributed by atoms with Crippen molar-refractivity contribution >= 4 is 16.9 Å². The highest BCUT2D eigenvalue weighted by atomic mass is 19.1. The molecule has 0 saturated carbocycles. The molecule has 0 spiro atoms. The number of hydrogen-bond donors (Lipinski definition) is 2. The highest BCUT2D eigenvalue weighted by Crippen LogP contribution is 2.45. The second kappa shape index (κ2) is 7.21. The molecule has 1 aliphatic carbocycles. The maximum absolute atomic E-state index is 14.5. The average molecular weight is 438 g/mol. The SMILES string of the molecule is CC.Cc1c(F)cc2nc3c(c4c2c1CC[C@H]4O)Cn1c-3cc2c(c1=O)COC(=O)C2O. The molecule has 0 radical (unpaired) electrons. The van der Waals surface area contributed by atoms with Crippen LogP contribution in [0.25, 0.3) is 22.3 Å². The summed E-state index contributed by atoms with van der Waals surface area (Å²) in [4.78, 5) is 29.5. The Hall–Kier alpha value is -3.10. The molecule has 1 unspecified atom stereocenters. The van der Waals surface area contributed by atoms with Gasteiger partial charge in [0.2, 0.25) is 0 Å². The number of ether oxygens (including phenoxy) is 1. The van der Waals surface area contributed by atoms with Gasteiger partial charge in [0.25, 0.3) is 5.56 Å². The smallest absolute Gasteiger partial charge is 0.340 e. The van der Waals surface area contributed by atoms with E-state index in [0.717, 1.165) is 16.5 Å². The molecule has 166 valence electrons. The number of cyclic esters (lactones) is 1. The Labute approximate surface area is 183 Å². The largest absolute Gasteiger partial charge is 0.458 e. The van der Waals surface area contributed by atoms with Gasteiger partial charge in [-0.05, 0) is 42.5 Å². The van der Waals surface area contributed by atoms with E-state index in [1.165, 1.54) is 10.6 Å². The van der Waals surface area contributed by atoms with Crippen LogP contribution in [0.3, 0.4) is 0 Å². The van der Waals surface area contributed by atoms with Crippen LogP contribution < -0.4 is 5.56 Å². The van der Waals surface area contributed by atoms with Gasteiger partial charge in [0, 0.05) is 22.6 Å². The number of aromatic nitrogens is 2. The second-order valence-electron chi connectivity index (χ2n) is 8.13. The van der Waals surface area contributed by atoms with Gasteiger partial charge in [-0.2, -0.15) is 0 Å². The predicted molar refractivity (Wildman–Crippen MR) is 115 cm³/mol. The molecule has 1 aromatic carbocycles. The van der Waals surface area contributed by atoms with Crippen LogP contribution in [0.5, 0.6) is 0 Å². The lowest BCUT2D eigenvalue weighted by Gasteiger charge is -2.25. The number of esters is 1. The molecule has 6 rings (SSSR count). The zero-order valence-electron chi connectivity index (χ0n) is 18.0. The van der Waals surface area contributed by atoms with E-state index in [1.54, 1.807) is 13.0 Å². The molecule has 7 nitrogen and oxygen atoms in total. The molecule has 3 aromatic rings.